The first-order chi connectivity index (χ1) is 4.43. The van der Waals surface area contributed by atoms with Crippen molar-refractivity contribution < 1.29 is 0 Å². The van der Waals surface area contributed by atoms with Gasteiger partial charge in [-0.15, -0.1) is 5.10 Å². The van der Waals surface area contributed by atoms with Crippen LogP contribution >= 0.6 is 0 Å². The van der Waals surface area contributed by atoms with E-state index >= 15 is 0 Å². The van der Waals surface area contributed by atoms with Crippen molar-refractivity contribution >= 4 is 0 Å². The summed E-state index contributed by atoms with van der Waals surface area (Å²) in [6, 6.07) is 0. The summed E-state index contributed by atoms with van der Waals surface area (Å²) < 4.78 is 1.79. The van der Waals surface area contributed by atoms with Crippen molar-refractivity contribution in [3.05, 3.63) is 12.4 Å². The summed E-state index contributed by atoms with van der Waals surface area (Å²) in [6.07, 6.45) is 3.52. The van der Waals surface area contributed by atoms with Crippen molar-refractivity contribution in [1.82, 2.24) is 20.3 Å². The molecule has 0 amide bonds. The molecule has 1 N–H and O–H groups in total. The van der Waals surface area contributed by atoms with E-state index in [9.17, 15) is 0 Å². The SMILES string of the molecule is CNCCn1ccnn1. The Labute approximate surface area is 53.9 Å². The fourth-order valence-electron chi connectivity index (χ4n) is 0.578. The fourth-order valence-corrected chi connectivity index (χ4v) is 0.578. The molecule has 50 valence electrons. The molecule has 0 unspecified atom stereocenters. The Bertz CT molecular complexity index is 146. The summed E-state index contributed by atoms with van der Waals surface area (Å²) in [5, 5.41) is 10.5. The Kier molecular flexibility index (Phi) is 2.21. The lowest BCUT2D eigenvalue weighted by molar-refractivity contribution is 0.565. The average molecular weight is 126 g/mol. The highest BCUT2D eigenvalue weighted by molar-refractivity contribution is 4.63. The molecule has 1 heterocycles. The third kappa shape index (κ3) is 1.81. The molecule has 0 aliphatic rings. The van der Waals surface area contributed by atoms with Crippen LogP contribution in [0.2, 0.25) is 0 Å². The lowest BCUT2D eigenvalue weighted by Crippen LogP contribution is -2.15. The van der Waals surface area contributed by atoms with Crippen molar-refractivity contribution in [2.24, 2.45) is 0 Å². The van der Waals surface area contributed by atoms with Gasteiger partial charge in [0.25, 0.3) is 0 Å². The minimum atomic E-state index is 0.885. The van der Waals surface area contributed by atoms with E-state index in [1.54, 1.807) is 10.9 Å². The van der Waals surface area contributed by atoms with Gasteiger partial charge in [-0.3, -0.25) is 4.68 Å². The molecule has 0 bridgehead atoms. The van der Waals surface area contributed by atoms with Crippen LogP contribution in [0.25, 0.3) is 0 Å². The molecule has 0 fully saturated rings. The van der Waals surface area contributed by atoms with Gasteiger partial charge in [-0.25, -0.2) is 0 Å². The number of rotatable bonds is 3. The van der Waals surface area contributed by atoms with Gasteiger partial charge in [0, 0.05) is 12.7 Å². The second kappa shape index (κ2) is 3.19. The first kappa shape index (κ1) is 6.22. The van der Waals surface area contributed by atoms with E-state index < -0.39 is 0 Å². The molecule has 0 radical (unpaired) electrons. The van der Waals surface area contributed by atoms with Gasteiger partial charge in [0.2, 0.25) is 0 Å². The predicted octanol–water partition coefficient (Wildman–Crippen LogP) is -0.503. The average Bonchev–Trinajstić information content (AvgIpc) is 2.34. The molecule has 0 saturated carbocycles. The van der Waals surface area contributed by atoms with Crippen molar-refractivity contribution in [1.29, 1.82) is 0 Å². The third-order valence-corrected chi connectivity index (χ3v) is 1.06. The van der Waals surface area contributed by atoms with Crippen LogP contribution in [0, 0.1) is 0 Å². The van der Waals surface area contributed by atoms with Crippen LogP contribution in [0.3, 0.4) is 0 Å². The maximum absolute atomic E-state index is 3.78. The topological polar surface area (TPSA) is 42.7 Å². The lowest BCUT2D eigenvalue weighted by atomic mass is 10.6. The molecule has 1 rings (SSSR count). The molecule has 0 saturated heterocycles. The molecule has 0 atom stereocenters. The Hall–Kier alpha value is -0.900. The second-order valence-electron chi connectivity index (χ2n) is 1.77. The fraction of sp³-hybridized carbons (Fsp3) is 0.600. The normalized spacial score (nSPS) is 9.89. The number of nitrogens with zero attached hydrogens (tertiary/aromatic N) is 3. The summed E-state index contributed by atoms with van der Waals surface area (Å²) in [6.45, 7) is 1.82. The van der Waals surface area contributed by atoms with Crippen molar-refractivity contribution in [2.75, 3.05) is 13.6 Å². The minimum Gasteiger partial charge on any atom is -0.318 e. The van der Waals surface area contributed by atoms with E-state index in [1.807, 2.05) is 13.2 Å². The molecule has 4 heteroatoms. The van der Waals surface area contributed by atoms with Crippen molar-refractivity contribution in [2.45, 2.75) is 6.54 Å². The van der Waals surface area contributed by atoms with Crippen LogP contribution in [0.15, 0.2) is 12.4 Å². The summed E-state index contributed by atoms with van der Waals surface area (Å²) in [5.41, 5.74) is 0. The van der Waals surface area contributed by atoms with Crippen molar-refractivity contribution in [3.8, 4) is 0 Å². The van der Waals surface area contributed by atoms with E-state index in [0.717, 1.165) is 13.1 Å². The van der Waals surface area contributed by atoms with Gasteiger partial charge in [-0.2, -0.15) is 0 Å². The second-order valence-corrected chi connectivity index (χ2v) is 1.77. The lowest BCUT2D eigenvalue weighted by Gasteiger charge is -1.96. The van der Waals surface area contributed by atoms with E-state index in [-0.39, 0.29) is 0 Å². The molecule has 1 aromatic heterocycles. The number of hydrogen-bond donors (Lipinski definition) is 1. The number of likely N-dealkylation sites (N-methyl/N-ethyl adjacent to an activating group) is 1. The van der Waals surface area contributed by atoms with Crippen molar-refractivity contribution in [3.63, 3.8) is 0 Å². The maximum Gasteiger partial charge on any atom is 0.0692 e. The van der Waals surface area contributed by atoms with E-state index in [1.165, 1.54) is 0 Å². The Morgan fingerprint density at radius 1 is 1.67 bits per heavy atom. The summed E-state index contributed by atoms with van der Waals surface area (Å²) in [5.74, 6) is 0. The van der Waals surface area contributed by atoms with E-state index in [4.69, 9.17) is 0 Å². The zero-order valence-corrected chi connectivity index (χ0v) is 5.41. The molecule has 0 aliphatic carbocycles. The molecule has 9 heavy (non-hydrogen) atoms. The molecule has 1 aromatic rings. The van der Waals surface area contributed by atoms with E-state index in [0.29, 0.717) is 0 Å². The molecule has 4 nitrogen and oxygen atoms in total. The van der Waals surface area contributed by atoms with Crippen LogP contribution < -0.4 is 5.32 Å². The third-order valence-electron chi connectivity index (χ3n) is 1.06. The summed E-state index contributed by atoms with van der Waals surface area (Å²) in [4.78, 5) is 0. The van der Waals surface area contributed by atoms with Gasteiger partial charge in [0.1, 0.15) is 0 Å². The van der Waals surface area contributed by atoms with Crippen LogP contribution in [-0.2, 0) is 6.54 Å². The highest BCUT2D eigenvalue weighted by atomic mass is 15.4. The zero-order chi connectivity index (χ0) is 6.53. The Balaban J connectivity index is 2.30. The minimum absolute atomic E-state index is 0.885. The van der Waals surface area contributed by atoms with Crippen LogP contribution in [0.5, 0.6) is 0 Å². The number of hydrogen-bond acceptors (Lipinski definition) is 3. The Morgan fingerprint density at radius 2 is 2.56 bits per heavy atom. The van der Waals surface area contributed by atoms with Crippen LogP contribution in [-0.4, -0.2) is 28.6 Å². The number of nitrogens with one attached hydrogen (secondary N) is 1. The highest BCUT2D eigenvalue weighted by Crippen LogP contribution is 1.76. The van der Waals surface area contributed by atoms with Crippen LogP contribution in [0.1, 0.15) is 0 Å². The first-order valence-electron chi connectivity index (χ1n) is 2.92. The van der Waals surface area contributed by atoms with Gasteiger partial charge in [0.05, 0.1) is 12.7 Å². The van der Waals surface area contributed by atoms with Gasteiger partial charge >= 0.3 is 0 Å². The molecule has 0 aromatic carbocycles. The van der Waals surface area contributed by atoms with Gasteiger partial charge in [-0.1, -0.05) is 5.21 Å². The standard InChI is InChI=1S/C5H10N4/c1-6-2-4-9-5-3-7-8-9/h3,5-6H,2,4H2,1H3. The monoisotopic (exact) mass is 126 g/mol. The highest BCUT2D eigenvalue weighted by Gasteiger charge is 1.86. The zero-order valence-electron chi connectivity index (χ0n) is 5.41. The smallest absolute Gasteiger partial charge is 0.0692 e. The summed E-state index contributed by atoms with van der Waals surface area (Å²) in [7, 11) is 1.91. The quantitative estimate of drug-likeness (QED) is 0.593. The Morgan fingerprint density at radius 3 is 3.11 bits per heavy atom. The summed E-state index contributed by atoms with van der Waals surface area (Å²) >= 11 is 0. The van der Waals surface area contributed by atoms with Crippen LogP contribution in [0.4, 0.5) is 0 Å². The van der Waals surface area contributed by atoms with Gasteiger partial charge < -0.3 is 5.32 Å². The molecule has 0 spiro atoms. The molecule has 0 aliphatic heterocycles. The predicted molar refractivity (Wildman–Crippen MR) is 33.9 cm³/mol. The van der Waals surface area contributed by atoms with E-state index in [2.05, 4.69) is 15.6 Å². The number of aromatic nitrogens is 3. The largest absolute Gasteiger partial charge is 0.318 e. The molecular weight excluding hydrogens is 116 g/mol. The van der Waals surface area contributed by atoms with Gasteiger partial charge in [-0.05, 0) is 7.05 Å². The first-order valence-corrected chi connectivity index (χ1v) is 2.92. The maximum atomic E-state index is 3.78. The molecular formula is C5H10N4. The van der Waals surface area contributed by atoms with Gasteiger partial charge in [0.15, 0.2) is 0 Å².